The lowest BCUT2D eigenvalue weighted by Crippen LogP contribution is -2.43. The molecule has 0 aliphatic carbocycles. The molecular weight excluding hydrogens is 328 g/mol. The van der Waals surface area contributed by atoms with Crippen molar-refractivity contribution in [1.29, 1.82) is 0 Å². The smallest absolute Gasteiger partial charge is 0.237 e. The second-order valence-electron chi connectivity index (χ2n) is 6.91. The van der Waals surface area contributed by atoms with E-state index in [-0.39, 0.29) is 23.5 Å². The second kappa shape index (κ2) is 8.48. The van der Waals surface area contributed by atoms with Gasteiger partial charge in [0.1, 0.15) is 22.2 Å². The maximum Gasteiger partial charge on any atom is 0.237 e. The summed E-state index contributed by atoms with van der Waals surface area (Å²) in [5.41, 5.74) is 6.75. The van der Waals surface area contributed by atoms with Gasteiger partial charge in [0.15, 0.2) is 0 Å². The van der Waals surface area contributed by atoms with Gasteiger partial charge in [0, 0.05) is 6.26 Å². The maximum atomic E-state index is 11.8. The summed E-state index contributed by atoms with van der Waals surface area (Å²) in [4.78, 5) is 11.8. The normalized spacial score (nSPS) is 13.4. The number of sulfone groups is 1. The summed E-state index contributed by atoms with van der Waals surface area (Å²) in [5, 5.41) is 2.66. The lowest BCUT2D eigenvalue weighted by molar-refractivity contribution is -0.122. The van der Waals surface area contributed by atoms with Crippen LogP contribution in [0.25, 0.3) is 0 Å². The van der Waals surface area contributed by atoms with Crippen LogP contribution in [0.5, 0.6) is 5.75 Å². The average Bonchev–Trinajstić information content (AvgIpc) is 2.47. The van der Waals surface area contributed by atoms with Gasteiger partial charge in [-0.3, -0.25) is 4.79 Å². The number of carbonyl (C=O) groups is 1. The molecule has 1 unspecified atom stereocenters. The Morgan fingerprint density at radius 3 is 2.50 bits per heavy atom. The Kier molecular flexibility index (Phi) is 7.23. The molecule has 24 heavy (non-hydrogen) atoms. The van der Waals surface area contributed by atoms with E-state index in [4.69, 9.17) is 10.5 Å². The molecule has 0 heterocycles. The van der Waals surface area contributed by atoms with Gasteiger partial charge >= 0.3 is 0 Å². The van der Waals surface area contributed by atoms with Crippen molar-refractivity contribution >= 4 is 15.7 Å². The Bertz CT molecular complexity index is 651. The highest BCUT2D eigenvalue weighted by Gasteiger charge is 2.19. The van der Waals surface area contributed by atoms with Gasteiger partial charge in [-0.25, -0.2) is 8.42 Å². The predicted molar refractivity (Wildman–Crippen MR) is 95.9 cm³/mol. The third kappa shape index (κ3) is 7.31. The number of nitrogens with one attached hydrogen (secondary N) is 1. The lowest BCUT2D eigenvalue weighted by atomic mass is 9.86. The summed E-state index contributed by atoms with van der Waals surface area (Å²) in [7, 11) is -3.12. The molecule has 6 nitrogen and oxygen atoms in total. The molecule has 1 atom stereocenters. The van der Waals surface area contributed by atoms with Crippen LogP contribution in [0.3, 0.4) is 0 Å². The molecule has 3 N–H and O–H groups in total. The van der Waals surface area contributed by atoms with Gasteiger partial charge in [-0.15, -0.1) is 0 Å². The van der Waals surface area contributed by atoms with Gasteiger partial charge in [-0.05, 0) is 23.5 Å². The van der Waals surface area contributed by atoms with Crippen molar-refractivity contribution in [3.63, 3.8) is 0 Å². The molecule has 1 amide bonds. The van der Waals surface area contributed by atoms with Crippen molar-refractivity contribution in [1.82, 2.24) is 5.32 Å². The van der Waals surface area contributed by atoms with Gasteiger partial charge in [0.2, 0.25) is 5.91 Å². The van der Waals surface area contributed by atoms with E-state index in [9.17, 15) is 13.2 Å². The van der Waals surface area contributed by atoms with Crippen LogP contribution >= 0.6 is 0 Å². The summed E-state index contributed by atoms with van der Waals surface area (Å²) in [6.07, 6.45) is 1.23. The number of hydrogen-bond donors (Lipinski definition) is 2. The van der Waals surface area contributed by atoms with Gasteiger partial charge in [-0.1, -0.05) is 39.0 Å². The summed E-state index contributed by atoms with van der Waals surface area (Å²) >= 11 is 0. The van der Waals surface area contributed by atoms with Crippen LogP contribution in [0.2, 0.25) is 0 Å². The van der Waals surface area contributed by atoms with Gasteiger partial charge in [0.05, 0.1) is 18.3 Å². The molecule has 1 aromatic carbocycles. The highest BCUT2D eigenvalue weighted by molar-refractivity contribution is 7.90. The van der Waals surface area contributed by atoms with Crippen molar-refractivity contribution in [2.75, 3.05) is 25.2 Å². The van der Waals surface area contributed by atoms with Crippen LogP contribution in [-0.2, 0) is 20.0 Å². The van der Waals surface area contributed by atoms with E-state index < -0.39 is 15.9 Å². The highest BCUT2D eigenvalue weighted by Crippen LogP contribution is 2.30. The number of hydrogen-bond acceptors (Lipinski definition) is 5. The molecule has 136 valence electrons. The Morgan fingerprint density at radius 2 is 1.92 bits per heavy atom. The fraction of sp³-hybridized carbons (Fsp3) is 0.588. The van der Waals surface area contributed by atoms with Crippen molar-refractivity contribution in [3.8, 4) is 5.75 Å². The SMILES string of the molecule is CC(C)(C)c1ccccc1OCCNC(=O)C(N)CCS(C)(=O)=O. The summed E-state index contributed by atoms with van der Waals surface area (Å²) in [6.45, 7) is 6.95. The van der Waals surface area contributed by atoms with Crippen LogP contribution in [0.4, 0.5) is 0 Å². The van der Waals surface area contributed by atoms with E-state index in [0.717, 1.165) is 17.6 Å². The minimum Gasteiger partial charge on any atom is -0.491 e. The van der Waals surface area contributed by atoms with E-state index in [0.29, 0.717) is 13.2 Å². The number of amides is 1. The van der Waals surface area contributed by atoms with Gasteiger partial charge < -0.3 is 15.8 Å². The molecule has 0 saturated carbocycles. The maximum absolute atomic E-state index is 11.8. The molecule has 0 saturated heterocycles. The molecule has 0 aliphatic rings. The monoisotopic (exact) mass is 356 g/mol. The molecule has 0 bridgehead atoms. The van der Waals surface area contributed by atoms with Gasteiger partial charge in [0.25, 0.3) is 0 Å². The third-order valence-corrected chi connectivity index (χ3v) is 4.47. The van der Waals surface area contributed by atoms with Crippen LogP contribution in [0.1, 0.15) is 32.8 Å². The predicted octanol–water partition coefficient (Wildman–Crippen LogP) is 1.24. The summed E-state index contributed by atoms with van der Waals surface area (Å²) in [5.74, 6) is 0.323. The van der Waals surface area contributed by atoms with E-state index in [1.165, 1.54) is 0 Å². The zero-order chi connectivity index (χ0) is 18.4. The van der Waals surface area contributed by atoms with Gasteiger partial charge in [-0.2, -0.15) is 0 Å². The zero-order valence-corrected chi connectivity index (χ0v) is 15.7. The fourth-order valence-electron chi connectivity index (χ4n) is 2.15. The topological polar surface area (TPSA) is 98.5 Å². The molecular formula is C17H28N2O4S. The van der Waals surface area contributed by atoms with Crippen molar-refractivity contribution in [2.24, 2.45) is 5.73 Å². The standard InChI is InChI=1S/C17H28N2O4S/c1-17(2,3)13-7-5-6-8-15(13)23-11-10-19-16(20)14(18)9-12-24(4,21)22/h5-8,14H,9-12,18H2,1-4H3,(H,19,20). The molecule has 0 radical (unpaired) electrons. The first-order valence-corrected chi connectivity index (χ1v) is 10.00. The largest absolute Gasteiger partial charge is 0.491 e. The van der Waals surface area contributed by atoms with Crippen LogP contribution in [0.15, 0.2) is 24.3 Å². The van der Waals surface area contributed by atoms with E-state index in [1.54, 1.807) is 0 Å². The molecule has 1 aromatic rings. The minimum atomic E-state index is -3.12. The first-order valence-electron chi connectivity index (χ1n) is 7.94. The van der Waals surface area contributed by atoms with E-state index in [2.05, 4.69) is 26.1 Å². The second-order valence-corrected chi connectivity index (χ2v) is 9.17. The average molecular weight is 356 g/mol. The molecule has 0 aromatic heterocycles. The number of carbonyl (C=O) groups excluding carboxylic acids is 1. The zero-order valence-electron chi connectivity index (χ0n) is 14.8. The molecule has 7 heteroatoms. The molecule has 0 aliphatic heterocycles. The highest BCUT2D eigenvalue weighted by atomic mass is 32.2. The third-order valence-electron chi connectivity index (χ3n) is 3.49. The van der Waals surface area contributed by atoms with E-state index >= 15 is 0 Å². The van der Waals surface area contributed by atoms with Crippen LogP contribution in [0, 0.1) is 0 Å². The Morgan fingerprint density at radius 1 is 1.29 bits per heavy atom. The Labute approximate surface area is 144 Å². The van der Waals surface area contributed by atoms with Crippen molar-refractivity contribution in [2.45, 2.75) is 38.6 Å². The first kappa shape index (κ1) is 20.4. The Balaban J connectivity index is 2.43. The summed E-state index contributed by atoms with van der Waals surface area (Å²) in [6, 6.07) is 6.97. The molecule has 0 spiro atoms. The quantitative estimate of drug-likeness (QED) is 0.683. The number of ether oxygens (including phenoxy) is 1. The Hall–Kier alpha value is -1.60. The number of nitrogens with two attached hydrogens (primary N) is 1. The van der Waals surface area contributed by atoms with Crippen molar-refractivity contribution in [3.05, 3.63) is 29.8 Å². The van der Waals surface area contributed by atoms with Crippen LogP contribution in [-0.4, -0.2) is 45.5 Å². The molecule has 1 rings (SSSR count). The van der Waals surface area contributed by atoms with E-state index in [1.807, 2.05) is 24.3 Å². The minimum absolute atomic E-state index is 0.0339. The summed E-state index contributed by atoms with van der Waals surface area (Å²) < 4.78 is 27.9. The lowest BCUT2D eigenvalue weighted by Gasteiger charge is -2.22. The van der Waals surface area contributed by atoms with Crippen molar-refractivity contribution < 1.29 is 17.9 Å². The fourth-order valence-corrected chi connectivity index (χ4v) is 2.83. The molecule has 0 fully saturated rings. The van der Waals surface area contributed by atoms with Crippen LogP contribution < -0.4 is 15.8 Å². The first-order chi connectivity index (χ1) is 11.0. The number of para-hydroxylation sites is 1. The number of benzene rings is 1. The number of rotatable bonds is 8.